The number of carbonyl (C=O) groups excluding carboxylic acids is 2. The molecule has 3 rings (SSSR count). The van der Waals surface area contributed by atoms with Crippen molar-refractivity contribution in [1.29, 1.82) is 0 Å². The fourth-order valence-corrected chi connectivity index (χ4v) is 2.72. The van der Waals surface area contributed by atoms with Gasteiger partial charge in [0, 0.05) is 17.8 Å². The lowest BCUT2D eigenvalue weighted by molar-refractivity contribution is -0.118. The lowest BCUT2D eigenvalue weighted by Crippen LogP contribution is -2.24. The number of hydrogen-bond donors (Lipinski definition) is 2. The Balaban J connectivity index is 1.75. The summed E-state index contributed by atoms with van der Waals surface area (Å²) in [5.41, 5.74) is 3.78. The molecule has 1 aromatic carbocycles. The second kappa shape index (κ2) is 5.56. The first kappa shape index (κ1) is 13.6. The molecule has 0 saturated carbocycles. The van der Waals surface area contributed by atoms with Gasteiger partial charge >= 0.3 is 0 Å². The van der Waals surface area contributed by atoms with E-state index in [9.17, 15) is 9.59 Å². The molecule has 21 heavy (non-hydrogen) atoms. The molecule has 1 atom stereocenters. The molecule has 0 bridgehead atoms. The fourth-order valence-electron chi connectivity index (χ4n) is 2.72. The molecular formula is C17H18N2O2. The highest BCUT2D eigenvalue weighted by Gasteiger charge is 2.20. The van der Waals surface area contributed by atoms with Crippen molar-refractivity contribution < 1.29 is 9.59 Å². The molecule has 2 N–H and O–H groups in total. The van der Waals surface area contributed by atoms with Crippen LogP contribution in [0.1, 0.15) is 25.3 Å². The van der Waals surface area contributed by atoms with E-state index in [0.717, 1.165) is 28.9 Å². The van der Waals surface area contributed by atoms with Crippen LogP contribution in [-0.4, -0.2) is 11.8 Å². The van der Waals surface area contributed by atoms with Crippen LogP contribution in [0.5, 0.6) is 0 Å². The highest BCUT2D eigenvalue weighted by molar-refractivity contribution is 5.97. The highest BCUT2D eigenvalue weighted by atomic mass is 16.2. The van der Waals surface area contributed by atoms with E-state index in [-0.39, 0.29) is 17.7 Å². The van der Waals surface area contributed by atoms with Crippen molar-refractivity contribution in [2.45, 2.75) is 26.2 Å². The zero-order valence-corrected chi connectivity index (χ0v) is 12.0. The van der Waals surface area contributed by atoms with Crippen LogP contribution in [-0.2, 0) is 16.0 Å². The van der Waals surface area contributed by atoms with Crippen LogP contribution in [0.3, 0.4) is 0 Å². The number of amides is 2. The normalized spacial score (nSPS) is 20.3. The predicted octanol–water partition coefficient (Wildman–Crippen LogP) is 3.03. The van der Waals surface area contributed by atoms with Crippen LogP contribution in [0.15, 0.2) is 42.0 Å². The smallest absolute Gasteiger partial charge is 0.235 e. The zero-order valence-electron chi connectivity index (χ0n) is 12.0. The molecule has 0 radical (unpaired) electrons. The van der Waals surface area contributed by atoms with Gasteiger partial charge in [-0.25, -0.2) is 0 Å². The van der Waals surface area contributed by atoms with Crippen molar-refractivity contribution in [3.8, 4) is 0 Å². The number of rotatable bonds is 2. The number of anilines is 2. The van der Waals surface area contributed by atoms with E-state index in [0.29, 0.717) is 12.8 Å². The Labute approximate surface area is 123 Å². The molecule has 1 aromatic rings. The van der Waals surface area contributed by atoms with Crippen LogP contribution < -0.4 is 10.6 Å². The average Bonchev–Trinajstić information content (AvgIpc) is 2.48. The van der Waals surface area contributed by atoms with E-state index < -0.39 is 0 Å². The molecule has 1 heterocycles. The Morgan fingerprint density at radius 2 is 2.19 bits per heavy atom. The summed E-state index contributed by atoms with van der Waals surface area (Å²) >= 11 is 0. The van der Waals surface area contributed by atoms with Crippen LogP contribution >= 0.6 is 0 Å². The molecule has 2 amide bonds. The minimum absolute atomic E-state index is 0.0144. The highest BCUT2D eigenvalue weighted by Crippen LogP contribution is 2.27. The van der Waals surface area contributed by atoms with Crippen molar-refractivity contribution in [1.82, 2.24) is 0 Å². The van der Waals surface area contributed by atoms with E-state index >= 15 is 0 Å². The summed E-state index contributed by atoms with van der Waals surface area (Å²) in [6, 6.07) is 5.62. The number of fused-ring (bicyclic) bond motifs is 1. The van der Waals surface area contributed by atoms with E-state index in [2.05, 4.69) is 16.7 Å². The molecule has 108 valence electrons. The Hall–Kier alpha value is -2.36. The second-order valence-electron chi connectivity index (χ2n) is 5.50. The number of allylic oxidation sites excluding steroid dienone is 2. The molecule has 0 saturated heterocycles. The minimum atomic E-state index is -0.186. The Morgan fingerprint density at radius 3 is 3.00 bits per heavy atom. The van der Waals surface area contributed by atoms with Gasteiger partial charge in [0.2, 0.25) is 11.8 Å². The van der Waals surface area contributed by atoms with Crippen molar-refractivity contribution >= 4 is 23.2 Å². The van der Waals surface area contributed by atoms with Gasteiger partial charge in [-0.3, -0.25) is 9.59 Å². The topological polar surface area (TPSA) is 58.2 Å². The Bertz CT molecular complexity index is 659. The van der Waals surface area contributed by atoms with Gasteiger partial charge in [-0.1, -0.05) is 23.8 Å². The summed E-state index contributed by atoms with van der Waals surface area (Å²) in [5, 5.41) is 5.80. The Morgan fingerprint density at radius 1 is 1.33 bits per heavy atom. The predicted molar refractivity (Wildman–Crippen MR) is 83.0 cm³/mol. The summed E-state index contributed by atoms with van der Waals surface area (Å²) < 4.78 is 0. The molecule has 4 nitrogen and oxygen atoms in total. The minimum Gasteiger partial charge on any atom is -0.326 e. The van der Waals surface area contributed by atoms with Crippen LogP contribution in [0.25, 0.3) is 0 Å². The Kier molecular flexibility index (Phi) is 3.60. The van der Waals surface area contributed by atoms with Crippen LogP contribution in [0.2, 0.25) is 0 Å². The second-order valence-corrected chi connectivity index (χ2v) is 5.50. The first-order valence-corrected chi connectivity index (χ1v) is 7.20. The zero-order chi connectivity index (χ0) is 14.8. The van der Waals surface area contributed by atoms with Gasteiger partial charge in [-0.15, -0.1) is 0 Å². The molecule has 0 spiro atoms. The number of hydrogen-bond acceptors (Lipinski definition) is 2. The maximum atomic E-state index is 12.3. The van der Waals surface area contributed by atoms with Gasteiger partial charge in [0.05, 0.1) is 5.92 Å². The summed E-state index contributed by atoms with van der Waals surface area (Å²) in [7, 11) is 0. The third kappa shape index (κ3) is 2.89. The molecule has 2 aliphatic rings. The van der Waals surface area contributed by atoms with Crippen molar-refractivity contribution in [2.75, 3.05) is 10.6 Å². The number of carbonyl (C=O) groups is 2. The molecule has 0 fully saturated rings. The van der Waals surface area contributed by atoms with E-state index in [1.807, 2.05) is 37.3 Å². The fraction of sp³-hybridized carbons (Fsp3) is 0.294. The van der Waals surface area contributed by atoms with Crippen LogP contribution in [0.4, 0.5) is 11.4 Å². The number of aryl methyl sites for hydroxylation is 1. The van der Waals surface area contributed by atoms with E-state index in [1.165, 1.54) is 0 Å². The van der Waals surface area contributed by atoms with Gasteiger partial charge < -0.3 is 10.6 Å². The monoisotopic (exact) mass is 282 g/mol. The SMILES string of the molecule is CC1=CCC=CC1C(=O)Nc1ccc2c(c1)CCC(=O)N2. The standard InChI is InChI=1S/C17H18N2O2/c1-11-4-2-3-5-14(11)17(21)18-13-7-8-15-12(10-13)6-9-16(20)19-15/h3-5,7-8,10,14H,2,6,9H2,1H3,(H,18,21)(H,19,20). The van der Waals surface area contributed by atoms with E-state index in [4.69, 9.17) is 0 Å². The summed E-state index contributed by atoms with van der Waals surface area (Å²) in [6.45, 7) is 1.98. The van der Waals surface area contributed by atoms with Crippen molar-refractivity contribution in [3.05, 3.63) is 47.6 Å². The summed E-state index contributed by atoms with van der Waals surface area (Å²) in [4.78, 5) is 23.7. The summed E-state index contributed by atoms with van der Waals surface area (Å²) in [6.07, 6.45) is 8.15. The number of benzene rings is 1. The lowest BCUT2D eigenvalue weighted by Gasteiger charge is -2.20. The molecule has 1 aliphatic carbocycles. The maximum Gasteiger partial charge on any atom is 0.235 e. The quantitative estimate of drug-likeness (QED) is 0.819. The van der Waals surface area contributed by atoms with Crippen molar-refractivity contribution in [3.63, 3.8) is 0 Å². The molecular weight excluding hydrogens is 264 g/mol. The van der Waals surface area contributed by atoms with Gasteiger partial charge in [-0.2, -0.15) is 0 Å². The van der Waals surface area contributed by atoms with Crippen LogP contribution in [0, 0.1) is 5.92 Å². The molecule has 0 aromatic heterocycles. The average molecular weight is 282 g/mol. The third-order valence-electron chi connectivity index (χ3n) is 3.95. The van der Waals surface area contributed by atoms with Gasteiger partial charge in [0.25, 0.3) is 0 Å². The van der Waals surface area contributed by atoms with Gasteiger partial charge in [0.1, 0.15) is 0 Å². The summed E-state index contributed by atoms with van der Waals surface area (Å²) in [5.74, 6) is -0.152. The third-order valence-corrected chi connectivity index (χ3v) is 3.95. The maximum absolute atomic E-state index is 12.3. The molecule has 1 aliphatic heterocycles. The lowest BCUT2D eigenvalue weighted by atomic mass is 9.93. The largest absolute Gasteiger partial charge is 0.326 e. The van der Waals surface area contributed by atoms with Gasteiger partial charge in [-0.05, 0) is 43.5 Å². The first-order valence-electron chi connectivity index (χ1n) is 7.20. The number of nitrogens with one attached hydrogen (secondary N) is 2. The first-order chi connectivity index (χ1) is 10.1. The van der Waals surface area contributed by atoms with Gasteiger partial charge in [0.15, 0.2) is 0 Å². The molecule has 4 heteroatoms. The van der Waals surface area contributed by atoms with Crippen molar-refractivity contribution in [2.24, 2.45) is 5.92 Å². The molecule has 1 unspecified atom stereocenters. The van der Waals surface area contributed by atoms with E-state index in [1.54, 1.807) is 0 Å².